The molecule has 3 aromatic carbocycles. The van der Waals surface area contributed by atoms with Crippen molar-refractivity contribution in [3.63, 3.8) is 0 Å². The lowest BCUT2D eigenvalue weighted by Gasteiger charge is -2.26. The van der Waals surface area contributed by atoms with Crippen LogP contribution in [0, 0.1) is 0 Å². The Kier molecular flexibility index (Phi) is 7.87. The fourth-order valence-corrected chi connectivity index (χ4v) is 4.97. The third kappa shape index (κ3) is 5.71. The van der Waals surface area contributed by atoms with E-state index in [9.17, 15) is 4.79 Å². The molecule has 0 spiro atoms. The van der Waals surface area contributed by atoms with Crippen LogP contribution in [-0.2, 0) is 9.53 Å². The Labute approximate surface area is 217 Å². The Hall–Kier alpha value is -3.61. The molecule has 1 N–H and O–H groups in total. The Bertz CT molecular complexity index is 1410. The van der Waals surface area contributed by atoms with Gasteiger partial charge in [0, 0.05) is 48.3 Å². The number of rotatable bonds is 9. The van der Waals surface area contributed by atoms with Gasteiger partial charge < -0.3 is 19.2 Å². The van der Waals surface area contributed by atoms with Gasteiger partial charge in [0.1, 0.15) is 11.3 Å². The van der Waals surface area contributed by atoms with E-state index in [-0.39, 0.29) is 5.91 Å². The lowest BCUT2D eigenvalue weighted by Crippen LogP contribution is -2.38. The minimum Gasteiger partial charge on any atom is -0.493 e. The zero-order valence-corrected chi connectivity index (χ0v) is 21.6. The van der Waals surface area contributed by atoms with Gasteiger partial charge in [-0.25, -0.2) is 0 Å². The van der Waals surface area contributed by atoms with Crippen molar-refractivity contribution in [2.75, 3.05) is 46.0 Å². The Balaban J connectivity index is 1.39. The van der Waals surface area contributed by atoms with Crippen molar-refractivity contribution in [3.05, 3.63) is 72.5 Å². The first-order chi connectivity index (χ1) is 18.1. The van der Waals surface area contributed by atoms with E-state index in [0.717, 1.165) is 72.5 Å². The molecule has 6 heteroatoms. The first kappa shape index (κ1) is 25.1. The molecule has 1 aliphatic heterocycles. The highest BCUT2D eigenvalue weighted by Gasteiger charge is 2.17. The number of furan rings is 1. The minimum atomic E-state index is -0.0940. The number of allylic oxidation sites excluding steroid dienone is 1. The highest BCUT2D eigenvalue weighted by Crippen LogP contribution is 2.39. The first-order valence-corrected chi connectivity index (χ1v) is 13.1. The number of morpholine rings is 1. The molecule has 0 atom stereocenters. The summed E-state index contributed by atoms with van der Waals surface area (Å²) >= 11 is 0. The lowest BCUT2D eigenvalue weighted by molar-refractivity contribution is -0.116. The summed E-state index contributed by atoms with van der Waals surface area (Å²) in [5, 5.41) is 6.38. The summed E-state index contributed by atoms with van der Waals surface area (Å²) in [6, 6.07) is 18.7. The predicted molar refractivity (Wildman–Crippen MR) is 149 cm³/mol. The summed E-state index contributed by atoms with van der Waals surface area (Å²) in [6.07, 6.45) is 4.39. The average Bonchev–Trinajstić information content (AvgIpc) is 3.33. The zero-order valence-electron chi connectivity index (χ0n) is 21.6. The monoisotopic (exact) mass is 498 g/mol. The summed E-state index contributed by atoms with van der Waals surface area (Å²) in [7, 11) is 0. The van der Waals surface area contributed by atoms with Crippen molar-refractivity contribution in [2.45, 2.75) is 20.3 Å². The van der Waals surface area contributed by atoms with Crippen LogP contribution >= 0.6 is 0 Å². The van der Waals surface area contributed by atoms with Crippen LogP contribution in [0.4, 0.5) is 0 Å². The molecule has 1 saturated heterocycles. The van der Waals surface area contributed by atoms with Crippen LogP contribution < -0.4 is 10.1 Å². The largest absolute Gasteiger partial charge is 0.493 e. The van der Waals surface area contributed by atoms with E-state index in [2.05, 4.69) is 52.7 Å². The number of hydrogen-bond acceptors (Lipinski definition) is 5. The van der Waals surface area contributed by atoms with E-state index < -0.39 is 0 Å². The van der Waals surface area contributed by atoms with Crippen LogP contribution in [0.1, 0.15) is 25.8 Å². The molecule has 2 heterocycles. The predicted octanol–water partition coefficient (Wildman–Crippen LogP) is 5.89. The van der Waals surface area contributed by atoms with Crippen molar-refractivity contribution < 1.29 is 18.7 Å². The van der Waals surface area contributed by atoms with Gasteiger partial charge in [-0.2, -0.15) is 0 Å². The Morgan fingerprint density at radius 3 is 2.70 bits per heavy atom. The van der Waals surface area contributed by atoms with E-state index in [0.29, 0.717) is 18.9 Å². The van der Waals surface area contributed by atoms with Gasteiger partial charge in [0.15, 0.2) is 0 Å². The van der Waals surface area contributed by atoms with Crippen LogP contribution in [0.5, 0.6) is 5.75 Å². The lowest BCUT2D eigenvalue weighted by atomic mass is 9.96. The topological polar surface area (TPSA) is 63.9 Å². The van der Waals surface area contributed by atoms with Crippen molar-refractivity contribution in [1.82, 2.24) is 10.2 Å². The van der Waals surface area contributed by atoms with Gasteiger partial charge >= 0.3 is 0 Å². The van der Waals surface area contributed by atoms with E-state index in [1.165, 1.54) is 10.8 Å². The molecule has 1 fully saturated rings. The highest BCUT2D eigenvalue weighted by atomic mass is 16.5. The summed E-state index contributed by atoms with van der Waals surface area (Å²) in [5.74, 6) is 0.617. The van der Waals surface area contributed by atoms with Crippen molar-refractivity contribution in [2.24, 2.45) is 0 Å². The number of nitrogens with zero attached hydrogens (tertiary/aromatic N) is 1. The second-order valence-corrected chi connectivity index (χ2v) is 9.38. The minimum absolute atomic E-state index is 0.0940. The van der Waals surface area contributed by atoms with Crippen molar-refractivity contribution >= 4 is 33.2 Å². The van der Waals surface area contributed by atoms with Crippen LogP contribution in [0.2, 0.25) is 0 Å². The van der Waals surface area contributed by atoms with Gasteiger partial charge in [-0.3, -0.25) is 9.69 Å². The molecular formula is C31H34N2O4. The first-order valence-electron chi connectivity index (χ1n) is 13.1. The second-order valence-electron chi connectivity index (χ2n) is 9.38. The number of hydrogen-bond donors (Lipinski definition) is 1. The van der Waals surface area contributed by atoms with Gasteiger partial charge in [-0.15, -0.1) is 0 Å². The van der Waals surface area contributed by atoms with Crippen LogP contribution in [0.25, 0.3) is 38.4 Å². The van der Waals surface area contributed by atoms with Gasteiger partial charge in [0.25, 0.3) is 0 Å². The third-order valence-corrected chi connectivity index (χ3v) is 6.88. The number of carbonyl (C=O) groups is 1. The molecule has 1 aromatic heterocycles. The van der Waals surface area contributed by atoms with E-state index >= 15 is 0 Å². The van der Waals surface area contributed by atoms with Crippen LogP contribution in [0.15, 0.2) is 71.4 Å². The quantitative estimate of drug-likeness (QED) is 0.230. The number of carbonyl (C=O) groups excluding carboxylic acids is 1. The van der Waals surface area contributed by atoms with Crippen LogP contribution in [-0.4, -0.2) is 56.8 Å². The van der Waals surface area contributed by atoms with E-state index in [1.54, 1.807) is 6.08 Å². The van der Waals surface area contributed by atoms with Crippen molar-refractivity contribution in [3.8, 4) is 16.9 Å². The van der Waals surface area contributed by atoms with Gasteiger partial charge in [-0.05, 0) is 54.8 Å². The smallest absolute Gasteiger partial charge is 0.244 e. The number of benzene rings is 3. The third-order valence-electron chi connectivity index (χ3n) is 6.88. The number of amides is 1. The normalized spacial score (nSPS) is 14.8. The van der Waals surface area contributed by atoms with E-state index in [1.807, 2.05) is 32.2 Å². The van der Waals surface area contributed by atoms with Crippen LogP contribution in [0.3, 0.4) is 0 Å². The highest BCUT2D eigenvalue weighted by molar-refractivity contribution is 6.06. The molecule has 0 unspecified atom stereocenters. The molecule has 1 aliphatic rings. The molecule has 0 saturated carbocycles. The molecule has 6 nitrogen and oxygen atoms in total. The maximum absolute atomic E-state index is 12.7. The van der Waals surface area contributed by atoms with Gasteiger partial charge in [-0.1, -0.05) is 42.5 Å². The Morgan fingerprint density at radius 1 is 1.05 bits per heavy atom. The maximum Gasteiger partial charge on any atom is 0.244 e. The molecule has 0 radical (unpaired) electrons. The van der Waals surface area contributed by atoms with Crippen molar-refractivity contribution in [1.29, 1.82) is 0 Å². The summed E-state index contributed by atoms with van der Waals surface area (Å²) in [4.78, 5) is 15.1. The molecule has 5 rings (SSSR count). The SMILES string of the molecule is CCOc1cc2occ(-c3cccc4ccccc34)c2cc1/C(C)=C/C(=O)NCCCN1CCOCC1. The maximum atomic E-state index is 12.7. The standard InChI is InChI=1S/C31H34N2O4/c1-3-36-29-20-30-27(28(21-37-30)25-11-6-9-23-8-4-5-10-24(23)25)19-26(29)22(2)18-31(34)32-12-7-13-33-14-16-35-17-15-33/h4-6,8-11,18-21H,3,7,12-17H2,1-2H3,(H,32,34)/b22-18+. The number of ether oxygens (including phenoxy) is 2. The van der Waals surface area contributed by atoms with Gasteiger partial charge in [0.05, 0.1) is 26.1 Å². The number of nitrogens with one attached hydrogen (secondary N) is 1. The van der Waals surface area contributed by atoms with E-state index in [4.69, 9.17) is 13.9 Å². The van der Waals surface area contributed by atoms with Gasteiger partial charge in [0.2, 0.25) is 5.91 Å². The molecule has 0 aliphatic carbocycles. The average molecular weight is 499 g/mol. The fourth-order valence-electron chi connectivity index (χ4n) is 4.97. The molecule has 192 valence electrons. The number of fused-ring (bicyclic) bond motifs is 2. The molecular weight excluding hydrogens is 464 g/mol. The summed E-state index contributed by atoms with van der Waals surface area (Å²) < 4.78 is 17.3. The zero-order chi connectivity index (χ0) is 25.6. The molecule has 0 bridgehead atoms. The summed E-state index contributed by atoms with van der Waals surface area (Å²) in [6.45, 7) is 9.55. The summed E-state index contributed by atoms with van der Waals surface area (Å²) in [5.41, 5.74) is 4.64. The molecule has 37 heavy (non-hydrogen) atoms. The second kappa shape index (κ2) is 11.6. The fraction of sp³-hybridized carbons (Fsp3) is 0.323. The Morgan fingerprint density at radius 2 is 1.86 bits per heavy atom. The molecule has 4 aromatic rings. The molecule has 1 amide bonds.